The third kappa shape index (κ3) is 4.92. The molecule has 1 aromatic carbocycles. The number of carbonyl (C=O) groups excluding carboxylic acids is 2. The normalized spacial score (nSPS) is 21.8. The molecule has 4 rings (SSSR count). The number of carbonyl (C=O) groups is 2. The first kappa shape index (κ1) is 26.2. The van der Waals surface area contributed by atoms with Gasteiger partial charge in [0.1, 0.15) is 0 Å². The number of ketones is 2. The number of Topliss-reactive ketones (excluding diaryl/α,β-unsaturated/α-hetero) is 2. The molecule has 0 atom stereocenters. The van der Waals surface area contributed by atoms with Gasteiger partial charge in [-0.25, -0.2) is 0 Å². The zero-order valence-corrected chi connectivity index (χ0v) is 24.3. The van der Waals surface area contributed by atoms with Crippen molar-refractivity contribution < 1.29 is 19.1 Å². The fourth-order valence-corrected chi connectivity index (χ4v) is 6.64. The number of nitrogens with zero attached hydrogens (tertiary/aromatic N) is 1. The second-order valence-corrected chi connectivity index (χ2v) is 12.9. The van der Waals surface area contributed by atoms with Crippen LogP contribution in [0.2, 0.25) is 0 Å². The van der Waals surface area contributed by atoms with Crippen molar-refractivity contribution >= 4 is 34.2 Å². The minimum atomic E-state index is -0.364. The molecule has 6 heteroatoms. The molecule has 0 unspecified atom stereocenters. The lowest BCUT2D eigenvalue weighted by atomic mass is 9.64. The molecule has 1 heterocycles. The maximum absolute atomic E-state index is 13.7. The van der Waals surface area contributed by atoms with E-state index in [0.717, 1.165) is 56.7 Å². The smallest absolute Gasteiger partial charge is 0.174 e. The molecule has 0 saturated carbocycles. The molecule has 3 aliphatic rings. The number of hydrogen-bond donors (Lipinski definition) is 0. The van der Waals surface area contributed by atoms with E-state index in [-0.39, 0.29) is 28.3 Å². The molecular formula is C29H38INO4. The molecule has 0 spiro atoms. The summed E-state index contributed by atoms with van der Waals surface area (Å²) in [5, 5.41) is 0. The van der Waals surface area contributed by atoms with Gasteiger partial charge in [-0.1, -0.05) is 34.6 Å². The maximum atomic E-state index is 13.7. The lowest BCUT2D eigenvalue weighted by Crippen LogP contribution is -2.43. The van der Waals surface area contributed by atoms with E-state index < -0.39 is 0 Å². The average molecular weight is 592 g/mol. The summed E-state index contributed by atoms with van der Waals surface area (Å²) in [4.78, 5) is 29.6. The molecule has 190 valence electrons. The summed E-state index contributed by atoms with van der Waals surface area (Å²) in [5.74, 6) is 1.35. The van der Waals surface area contributed by atoms with Crippen LogP contribution < -0.4 is 9.47 Å². The SMILES string of the molecule is CCCOc1c(I)cc(C2C3=C(CC(C)(C)CC3=O)N(C)C3=C2C(=O)CC(C)(C)C3)cc1OCC. The maximum Gasteiger partial charge on any atom is 0.174 e. The summed E-state index contributed by atoms with van der Waals surface area (Å²) in [7, 11) is 2.04. The van der Waals surface area contributed by atoms with Crippen LogP contribution in [0.1, 0.15) is 85.1 Å². The van der Waals surface area contributed by atoms with Gasteiger partial charge in [-0.3, -0.25) is 9.59 Å². The molecule has 35 heavy (non-hydrogen) atoms. The summed E-state index contributed by atoms with van der Waals surface area (Å²) < 4.78 is 13.0. The quantitative estimate of drug-likeness (QED) is 0.341. The van der Waals surface area contributed by atoms with Gasteiger partial charge in [0.25, 0.3) is 0 Å². The first-order chi connectivity index (χ1) is 16.4. The Morgan fingerprint density at radius 2 is 1.46 bits per heavy atom. The van der Waals surface area contributed by atoms with Crippen LogP contribution in [0, 0.1) is 14.4 Å². The van der Waals surface area contributed by atoms with E-state index >= 15 is 0 Å². The predicted molar refractivity (Wildman–Crippen MR) is 147 cm³/mol. The molecule has 1 aromatic rings. The van der Waals surface area contributed by atoms with Crippen molar-refractivity contribution in [2.75, 3.05) is 20.3 Å². The summed E-state index contributed by atoms with van der Waals surface area (Å²) in [6, 6.07) is 4.08. The third-order valence-electron chi connectivity index (χ3n) is 7.30. The van der Waals surface area contributed by atoms with Crippen molar-refractivity contribution in [1.82, 2.24) is 4.90 Å². The Morgan fingerprint density at radius 1 is 0.914 bits per heavy atom. The summed E-state index contributed by atoms with van der Waals surface area (Å²) in [5.41, 5.74) is 4.45. The first-order valence-corrected chi connectivity index (χ1v) is 13.8. The molecule has 1 aliphatic heterocycles. The van der Waals surface area contributed by atoms with Crippen LogP contribution in [0.5, 0.6) is 11.5 Å². The molecule has 0 amide bonds. The highest BCUT2D eigenvalue weighted by Gasteiger charge is 2.48. The minimum Gasteiger partial charge on any atom is -0.490 e. The Bertz CT molecular complexity index is 1070. The van der Waals surface area contributed by atoms with Gasteiger partial charge < -0.3 is 14.4 Å². The Balaban J connectivity index is 1.95. The second-order valence-electron chi connectivity index (χ2n) is 11.7. The highest BCUT2D eigenvalue weighted by molar-refractivity contribution is 14.1. The first-order valence-electron chi connectivity index (χ1n) is 12.7. The van der Waals surface area contributed by atoms with Crippen LogP contribution in [-0.4, -0.2) is 36.7 Å². The van der Waals surface area contributed by atoms with E-state index in [4.69, 9.17) is 9.47 Å². The van der Waals surface area contributed by atoms with Gasteiger partial charge in [0.2, 0.25) is 0 Å². The molecule has 0 radical (unpaired) electrons. The number of rotatable bonds is 6. The van der Waals surface area contributed by atoms with E-state index in [1.54, 1.807) is 0 Å². The van der Waals surface area contributed by atoms with E-state index in [0.29, 0.717) is 31.8 Å². The topological polar surface area (TPSA) is 55.8 Å². The molecule has 0 N–H and O–H groups in total. The van der Waals surface area contributed by atoms with Crippen LogP contribution in [-0.2, 0) is 9.59 Å². The largest absolute Gasteiger partial charge is 0.490 e. The lowest BCUT2D eigenvalue weighted by molar-refractivity contribution is -0.119. The fourth-order valence-electron chi connectivity index (χ4n) is 5.86. The van der Waals surface area contributed by atoms with Gasteiger partial charge in [0.15, 0.2) is 23.1 Å². The van der Waals surface area contributed by atoms with Crippen molar-refractivity contribution in [3.63, 3.8) is 0 Å². The van der Waals surface area contributed by atoms with Gasteiger partial charge in [0, 0.05) is 48.3 Å². The van der Waals surface area contributed by atoms with E-state index in [2.05, 4.69) is 68.2 Å². The van der Waals surface area contributed by atoms with Crippen LogP contribution in [0.4, 0.5) is 0 Å². The van der Waals surface area contributed by atoms with Crippen LogP contribution in [0.25, 0.3) is 0 Å². The van der Waals surface area contributed by atoms with E-state index in [1.165, 1.54) is 0 Å². The number of hydrogen-bond acceptors (Lipinski definition) is 5. The average Bonchev–Trinajstić information content (AvgIpc) is 2.73. The highest BCUT2D eigenvalue weighted by Crippen LogP contribution is 2.54. The fraction of sp³-hybridized carbons (Fsp3) is 0.586. The zero-order chi connectivity index (χ0) is 25.7. The molecule has 0 saturated heterocycles. The Morgan fingerprint density at radius 3 is 1.94 bits per heavy atom. The van der Waals surface area contributed by atoms with Gasteiger partial charge in [0.05, 0.1) is 16.8 Å². The zero-order valence-electron chi connectivity index (χ0n) is 22.1. The molecular weight excluding hydrogens is 553 g/mol. The van der Waals surface area contributed by atoms with Crippen molar-refractivity contribution in [1.29, 1.82) is 0 Å². The number of benzene rings is 1. The predicted octanol–water partition coefficient (Wildman–Crippen LogP) is 6.79. The Hall–Kier alpha value is -1.83. The highest BCUT2D eigenvalue weighted by atomic mass is 127. The second kappa shape index (κ2) is 9.56. The molecule has 0 bridgehead atoms. The lowest BCUT2D eigenvalue weighted by Gasteiger charge is -2.48. The van der Waals surface area contributed by atoms with E-state index in [1.807, 2.05) is 20.0 Å². The summed E-state index contributed by atoms with van der Waals surface area (Å²) >= 11 is 2.29. The van der Waals surface area contributed by atoms with Crippen molar-refractivity contribution in [2.45, 2.75) is 79.6 Å². The van der Waals surface area contributed by atoms with Crippen LogP contribution in [0.15, 0.2) is 34.7 Å². The van der Waals surface area contributed by atoms with Gasteiger partial charge in [-0.15, -0.1) is 0 Å². The number of allylic oxidation sites excluding steroid dienone is 4. The number of halogens is 1. The van der Waals surface area contributed by atoms with Crippen LogP contribution in [0.3, 0.4) is 0 Å². The molecule has 2 aliphatic carbocycles. The molecule has 0 aromatic heterocycles. The summed E-state index contributed by atoms with van der Waals surface area (Å²) in [6.07, 6.45) is 3.52. The van der Waals surface area contributed by atoms with E-state index in [9.17, 15) is 9.59 Å². The number of ether oxygens (including phenoxy) is 2. The van der Waals surface area contributed by atoms with Gasteiger partial charge in [-0.2, -0.15) is 0 Å². The molecule has 0 fully saturated rings. The van der Waals surface area contributed by atoms with Gasteiger partial charge >= 0.3 is 0 Å². The summed E-state index contributed by atoms with van der Waals surface area (Å²) in [6.45, 7) is 13.8. The van der Waals surface area contributed by atoms with Gasteiger partial charge in [-0.05, 0) is 77.3 Å². The van der Waals surface area contributed by atoms with Crippen molar-refractivity contribution in [3.8, 4) is 11.5 Å². The van der Waals surface area contributed by atoms with Crippen molar-refractivity contribution in [3.05, 3.63) is 43.8 Å². The monoisotopic (exact) mass is 591 g/mol. The Labute approximate surface area is 223 Å². The Kier molecular flexibility index (Phi) is 7.17. The van der Waals surface area contributed by atoms with Crippen molar-refractivity contribution in [2.24, 2.45) is 10.8 Å². The molecule has 5 nitrogen and oxygen atoms in total. The third-order valence-corrected chi connectivity index (χ3v) is 8.10. The van der Waals surface area contributed by atoms with Crippen LogP contribution >= 0.6 is 22.6 Å². The minimum absolute atomic E-state index is 0.107. The standard InChI is InChI=1S/C29H38INO4/c1-8-10-35-27-18(30)11-17(12-23(27)34-9-2)24-25-19(13-28(3,4)15-21(25)32)31(7)20-14-29(5,6)16-22(33)26(20)24/h11-12,24H,8-10,13-16H2,1-7H3.